The van der Waals surface area contributed by atoms with Gasteiger partial charge < -0.3 is 9.47 Å². The minimum absolute atomic E-state index is 0.502. The predicted octanol–water partition coefficient (Wildman–Crippen LogP) is 6.05. The summed E-state index contributed by atoms with van der Waals surface area (Å²) in [7, 11) is 1.65. The summed E-state index contributed by atoms with van der Waals surface area (Å²) in [6.45, 7) is 0.502. The van der Waals surface area contributed by atoms with Gasteiger partial charge in [0, 0.05) is 0 Å². The van der Waals surface area contributed by atoms with Gasteiger partial charge in [-0.3, -0.25) is 0 Å². The van der Waals surface area contributed by atoms with Gasteiger partial charge in [0.25, 0.3) is 0 Å². The Balaban J connectivity index is 1.54. The number of para-hydroxylation sites is 1. The highest BCUT2D eigenvalue weighted by atomic mass is 32.1. The maximum absolute atomic E-state index is 5.98. The summed E-state index contributed by atoms with van der Waals surface area (Å²) >= 11 is 1.68. The van der Waals surface area contributed by atoms with Crippen LogP contribution in [0.2, 0.25) is 0 Å². The monoisotopic (exact) mass is 373 g/mol. The van der Waals surface area contributed by atoms with E-state index in [0.717, 1.165) is 33.2 Å². The molecule has 0 spiro atoms. The van der Waals surface area contributed by atoms with Crippen molar-refractivity contribution >= 4 is 33.7 Å². The molecule has 0 fully saturated rings. The number of benzene rings is 3. The van der Waals surface area contributed by atoms with Gasteiger partial charge in [0.15, 0.2) is 11.5 Å². The summed E-state index contributed by atoms with van der Waals surface area (Å²) in [5, 5.41) is 0.985. The van der Waals surface area contributed by atoms with E-state index in [9.17, 15) is 0 Å². The molecule has 4 heteroatoms. The number of thiazole rings is 1. The van der Waals surface area contributed by atoms with Crippen LogP contribution in [0.4, 0.5) is 0 Å². The second-order valence-electron chi connectivity index (χ2n) is 6.04. The summed E-state index contributed by atoms with van der Waals surface area (Å²) < 4.78 is 12.6. The van der Waals surface area contributed by atoms with Crippen LogP contribution in [0, 0.1) is 0 Å². The molecule has 0 bridgehead atoms. The molecule has 3 aromatic carbocycles. The molecule has 0 saturated carbocycles. The van der Waals surface area contributed by atoms with Crippen LogP contribution < -0.4 is 9.47 Å². The molecule has 1 aromatic heterocycles. The summed E-state index contributed by atoms with van der Waals surface area (Å²) in [5.74, 6) is 1.45. The highest BCUT2D eigenvalue weighted by Gasteiger charge is 2.06. The Morgan fingerprint density at radius 1 is 0.889 bits per heavy atom. The van der Waals surface area contributed by atoms with Crippen molar-refractivity contribution in [2.45, 2.75) is 6.61 Å². The minimum Gasteiger partial charge on any atom is -0.493 e. The number of ether oxygens (including phenoxy) is 2. The van der Waals surface area contributed by atoms with Gasteiger partial charge in [0.1, 0.15) is 11.6 Å². The fourth-order valence-electron chi connectivity index (χ4n) is 2.77. The van der Waals surface area contributed by atoms with Crippen LogP contribution in [0.15, 0.2) is 72.8 Å². The number of rotatable bonds is 6. The van der Waals surface area contributed by atoms with E-state index in [1.54, 1.807) is 18.4 Å². The molecule has 27 heavy (non-hydrogen) atoms. The molecule has 134 valence electrons. The first kappa shape index (κ1) is 17.3. The van der Waals surface area contributed by atoms with Gasteiger partial charge in [-0.1, -0.05) is 54.6 Å². The van der Waals surface area contributed by atoms with Crippen LogP contribution in [0.5, 0.6) is 11.5 Å². The summed E-state index contributed by atoms with van der Waals surface area (Å²) in [5.41, 5.74) is 3.19. The van der Waals surface area contributed by atoms with Crippen LogP contribution in [0.1, 0.15) is 16.1 Å². The van der Waals surface area contributed by atoms with Gasteiger partial charge in [-0.2, -0.15) is 0 Å². The molecular formula is C23H19NO2S. The summed E-state index contributed by atoms with van der Waals surface area (Å²) in [6, 6.07) is 24.2. The zero-order valence-corrected chi connectivity index (χ0v) is 15.8. The summed E-state index contributed by atoms with van der Waals surface area (Å²) in [4.78, 5) is 4.64. The van der Waals surface area contributed by atoms with Gasteiger partial charge in [-0.25, -0.2) is 4.98 Å². The smallest absolute Gasteiger partial charge is 0.162 e. The van der Waals surface area contributed by atoms with Crippen molar-refractivity contribution in [3.05, 3.63) is 88.9 Å². The van der Waals surface area contributed by atoms with Crippen molar-refractivity contribution in [3.63, 3.8) is 0 Å². The van der Waals surface area contributed by atoms with Crippen LogP contribution in [-0.4, -0.2) is 12.1 Å². The lowest BCUT2D eigenvalue weighted by Gasteiger charge is -2.11. The third-order valence-electron chi connectivity index (χ3n) is 4.15. The van der Waals surface area contributed by atoms with Gasteiger partial charge in [-0.15, -0.1) is 11.3 Å². The molecule has 0 unspecified atom stereocenters. The highest BCUT2D eigenvalue weighted by molar-refractivity contribution is 7.19. The average molecular weight is 373 g/mol. The van der Waals surface area contributed by atoms with Gasteiger partial charge in [0.05, 0.1) is 17.3 Å². The molecule has 0 atom stereocenters. The fraction of sp³-hybridized carbons (Fsp3) is 0.0870. The molecule has 0 aliphatic carbocycles. The second-order valence-corrected chi connectivity index (χ2v) is 7.10. The molecule has 0 aliphatic rings. The number of hydrogen-bond donors (Lipinski definition) is 0. The fourth-order valence-corrected chi connectivity index (χ4v) is 3.64. The topological polar surface area (TPSA) is 31.4 Å². The van der Waals surface area contributed by atoms with E-state index in [1.807, 2.05) is 78.9 Å². The first-order valence-electron chi connectivity index (χ1n) is 8.70. The van der Waals surface area contributed by atoms with Crippen LogP contribution in [0.3, 0.4) is 0 Å². The normalized spacial score (nSPS) is 11.1. The van der Waals surface area contributed by atoms with E-state index in [0.29, 0.717) is 6.61 Å². The molecule has 0 N–H and O–H groups in total. The quantitative estimate of drug-likeness (QED) is 0.412. The Morgan fingerprint density at radius 3 is 2.52 bits per heavy atom. The first-order valence-corrected chi connectivity index (χ1v) is 9.52. The first-order chi connectivity index (χ1) is 13.3. The van der Waals surface area contributed by atoms with Crippen molar-refractivity contribution in [2.75, 3.05) is 7.11 Å². The Labute approximate surface area is 162 Å². The van der Waals surface area contributed by atoms with Crippen molar-refractivity contribution in [3.8, 4) is 11.5 Å². The van der Waals surface area contributed by atoms with Crippen molar-refractivity contribution < 1.29 is 9.47 Å². The van der Waals surface area contributed by atoms with E-state index in [2.05, 4.69) is 11.1 Å². The largest absolute Gasteiger partial charge is 0.493 e. The maximum atomic E-state index is 5.98. The molecule has 0 radical (unpaired) electrons. The van der Waals surface area contributed by atoms with Crippen LogP contribution in [0.25, 0.3) is 22.4 Å². The molecule has 0 amide bonds. The zero-order chi connectivity index (χ0) is 18.5. The zero-order valence-electron chi connectivity index (χ0n) is 15.0. The third-order valence-corrected chi connectivity index (χ3v) is 5.16. The van der Waals surface area contributed by atoms with Gasteiger partial charge >= 0.3 is 0 Å². The van der Waals surface area contributed by atoms with Gasteiger partial charge in [0.2, 0.25) is 0 Å². The lowest BCUT2D eigenvalue weighted by molar-refractivity contribution is 0.284. The molecule has 0 aliphatic heterocycles. The van der Waals surface area contributed by atoms with Crippen molar-refractivity contribution in [1.29, 1.82) is 0 Å². The molecular weight excluding hydrogens is 354 g/mol. The Kier molecular flexibility index (Phi) is 5.17. The lowest BCUT2D eigenvalue weighted by Crippen LogP contribution is -1.97. The Morgan fingerprint density at radius 2 is 1.70 bits per heavy atom. The lowest BCUT2D eigenvalue weighted by atomic mass is 10.2. The van der Waals surface area contributed by atoms with Crippen molar-refractivity contribution in [1.82, 2.24) is 4.98 Å². The van der Waals surface area contributed by atoms with E-state index < -0.39 is 0 Å². The van der Waals surface area contributed by atoms with E-state index in [4.69, 9.17) is 9.47 Å². The molecule has 4 rings (SSSR count). The van der Waals surface area contributed by atoms with E-state index in [-0.39, 0.29) is 0 Å². The van der Waals surface area contributed by atoms with Crippen LogP contribution in [-0.2, 0) is 6.61 Å². The third kappa shape index (κ3) is 4.18. The standard InChI is InChI=1S/C23H19NO2S/c1-25-20-13-11-17(15-21(20)26-16-18-7-3-2-4-8-18)12-14-23-24-19-9-5-6-10-22(19)27-23/h2-15H,16H2,1H3. The Bertz CT molecular complexity index is 1040. The van der Waals surface area contributed by atoms with E-state index >= 15 is 0 Å². The number of hydrogen-bond acceptors (Lipinski definition) is 4. The number of nitrogens with zero attached hydrogens (tertiary/aromatic N) is 1. The Hall–Kier alpha value is -3.11. The summed E-state index contributed by atoms with van der Waals surface area (Å²) in [6.07, 6.45) is 4.08. The molecule has 4 aromatic rings. The molecule has 0 saturated heterocycles. The van der Waals surface area contributed by atoms with E-state index in [1.165, 1.54) is 4.70 Å². The minimum atomic E-state index is 0.502. The predicted molar refractivity (Wildman–Crippen MR) is 112 cm³/mol. The average Bonchev–Trinajstić information content (AvgIpc) is 3.14. The highest BCUT2D eigenvalue weighted by Crippen LogP contribution is 2.30. The SMILES string of the molecule is COc1ccc(C=Cc2nc3ccccc3s2)cc1OCc1ccccc1. The molecule has 3 nitrogen and oxygen atoms in total. The number of aromatic nitrogens is 1. The number of fused-ring (bicyclic) bond motifs is 1. The van der Waals surface area contributed by atoms with Crippen molar-refractivity contribution in [2.24, 2.45) is 0 Å². The molecule has 1 heterocycles. The maximum Gasteiger partial charge on any atom is 0.162 e. The van der Waals surface area contributed by atoms with Crippen LogP contribution >= 0.6 is 11.3 Å². The number of methoxy groups -OCH3 is 1. The second kappa shape index (κ2) is 8.06. The van der Waals surface area contributed by atoms with Gasteiger partial charge in [-0.05, 0) is 41.5 Å².